The molecule has 0 aromatic carbocycles. The van der Waals surface area contributed by atoms with E-state index in [0.29, 0.717) is 5.92 Å². The number of hydrogen-bond acceptors (Lipinski definition) is 4. The Kier molecular flexibility index (Phi) is 4.17. The molecule has 4 heteroatoms. The Morgan fingerprint density at radius 3 is 3.00 bits per heavy atom. The van der Waals surface area contributed by atoms with Gasteiger partial charge in [-0.1, -0.05) is 0 Å². The van der Waals surface area contributed by atoms with E-state index in [4.69, 9.17) is 10.7 Å². The summed E-state index contributed by atoms with van der Waals surface area (Å²) < 4.78 is 0. The molecule has 2 N–H and O–H groups in total. The molecule has 1 saturated heterocycles. The van der Waals surface area contributed by atoms with E-state index in [-0.39, 0.29) is 6.04 Å². The number of hydrogen-bond donors (Lipinski definition) is 1. The van der Waals surface area contributed by atoms with Crippen molar-refractivity contribution in [1.82, 2.24) is 9.88 Å². The highest BCUT2D eigenvalue weighted by Crippen LogP contribution is 2.31. The minimum absolute atomic E-state index is 0.232. The van der Waals surface area contributed by atoms with Gasteiger partial charge in [0.15, 0.2) is 0 Å². The van der Waals surface area contributed by atoms with E-state index in [1.54, 1.807) is 0 Å². The first kappa shape index (κ1) is 13.0. The third-order valence-electron chi connectivity index (χ3n) is 3.39. The zero-order valence-electron chi connectivity index (χ0n) is 11.1. The molecule has 17 heavy (non-hydrogen) atoms. The molecule has 96 valence electrons. The third-order valence-corrected chi connectivity index (χ3v) is 4.73. The molecule has 1 aromatic rings. The van der Waals surface area contributed by atoms with Crippen LogP contribution in [0.3, 0.4) is 0 Å². The van der Waals surface area contributed by atoms with Crippen molar-refractivity contribution in [2.45, 2.75) is 45.1 Å². The summed E-state index contributed by atoms with van der Waals surface area (Å²) in [7, 11) is 2.20. The van der Waals surface area contributed by atoms with Crippen LogP contribution in [0, 0.1) is 6.92 Å². The lowest BCUT2D eigenvalue weighted by Gasteiger charge is -2.28. The Hall–Kier alpha value is -0.450. The van der Waals surface area contributed by atoms with Crippen molar-refractivity contribution in [3.05, 3.63) is 15.6 Å². The topological polar surface area (TPSA) is 42.2 Å². The molecular formula is C13H23N3S. The minimum Gasteiger partial charge on any atom is -0.328 e. The van der Waals surface area contributed by atoms with Crippen LogP contribution in [0.2, 0.25) is 0 Å². The zero-order chi connectivity index (χ0) is 12.4. The normalized spacial score (nSPS) is 23.9. The van der Waals surface area contributed by atoms with Gasteiger partial charge in [0.1, 0.15) is 0 Å². The van der Waals surface area contributed by atoms with E-state index < -0.39 is 0 Å². The van der Waals surface area contributed by atoms with Crippen molar-refractivity contribution in [2.75, 3.05) is 20.1 Å². The van der Waals surface area contributed by atoms with Crippen molar-refractivity contribution < 1.29 is 0 Å². The lowest BCUT2D eigenvalue weighted by molar-refractivity contribution is 0.250. The third kappa shape index (κ3) is 3.27. The lowest BCUT2D eigenvalue weighted by atomic mass is 9.99. The number of rotatable bonds is 3. The van der Waals surface area contributed by atoms with Crippen molar-refractivity contribution in [1.29, 1.82) is 0 Å². The summed E-state index contributed by atoms with van der Waals surface area (Å²) in [6, 6.07) is 0.232. The number of thiazole rings is 1. The van der Waals surface area contributed by atoms with Gasteiger partial charge < -0.3 is 10.6 Å². The van der Waals surface area contributed by atoms with Crippen LogP contribution in [0.15, 0.2) is 0 Å². The summed E-state index contributed by atoms with van der Waals surface area (Å²) in [5, 5.41) is 1.32. The molecule has 0 bridgehead atoms. The Labute approximate surface area is 108 Å². The Morgan fingerprint density at radius 1 is 1.59 bits per heavy atom. The fourth-order valence-corrected chi connectivity index (χ4v) is 3.81. The maximum Gasteiger partial charge on any atom is 0.0974 e. The van der Waals surface area contributed by atoms with E-state index in [2.05, 4.69) is 25.8 Å². The molecule has 0 radical (unpaired) electrons. The van der Waals surface area contributed by atoms with E-state index in [1.165, 1.54) is 35.0 Å². The van der Waals surface area contributed by atoms with Gasteiger partial charge in [0.05, 0.1) is 10.7 Å². The number of likely N-dealkylation sites (N-methyl/N-ethyl adjacent to an activating group) is 1. The minimum atomic E-state index is 0.232. The van der Waals surface area contributed by atoms with Crippen molar-refractivity contribution in [3.63, 3.8) is 0 Å². The molecule has 3 nitrogen and oxygen atoms in total. The quantitative estimate of drug-likeness (QED) is 0.897. The van der Waals surface area contributed by atoms with E-state index in [0.717, 1.165) is 13.0 Å². The largest absolute Gasteiger partial charge is 0.328 e. The first-order valence-electron chi connectivity index (χ1n) is 6.46. The molecule has 0 saturated carbocycles. The van der Waals surface area contributed by atoms with Crippen LogP contribution in [-0.2, 0) is 6.42 Å². The Morgan fingerprint density at radius 2 is 2.35 bits per heavy atom. The number of nitrogens with zero attached hydrogens (tertiary/aromatic N) is 2. The van der Waals surface area contributed by atoms with Gasteiger partial charge in [-0.05, 0) is 46.7 Å². The molecule has 1 aliphatic heterocycles. The maximum atomic E-state index is 5.87. The van der Waals surface area contributed by atoms with Crippen LogP contribution in [0.25, 0.3) is 0 Å². The molecule has 2 unspecified atom stereocenters. The maximum absolute atomic E-state index is 5.87. The van der Waals surface area contributed by atoms with Crippen LogP contribution >= 0.6 is 11.3 Å². The van der Waals surface area contributed by atoms with Crippen LogP contribution < -0.4 is 5.73 Å². The standard InChI is InChI=1S/C13H23N3S/c1-9(14)7-12-10(2)15-13(17-12)11-5-4-6-16(3)8-11/h9,11H,4-8,14H2,1-3H3. The predicted molar refractivity (Wildman–Crippen MR) is 73.7 cm³/mol. The molecule has 0 amide bonds. The highest BCUT2D eigenvalue weighted by molar-refractivity contribution is 7.11. The van der Waals surface area contributed by atoms with E-state index in [9.17, 15) is 0 Å². The van der Waals surface area contributed by atoms with Crippen molar-refractivity contribution in [3.8, 4) is 0 Å². The van der Waals surface area contributed by atoms with Crippen LogP contribution in [0.4, 0.5) is 0 Å². The monoisotopic (exact) mass is 253 g/mol. The Balaban J connectivity index is 2.10. The molecule has 0 aliphatic carbocycles. The second kappa shape index (κ2) is 5.46. The van der Waals surface area contributed by atoms with Gasteiger partial charge in [-0.15, -0.1) is 11.3 Å². The first-order chi connectivity index (χ1) is 8.06. The SMILES string of the molecule is Cc1nc(C2CCCN(C)C2)sc1CC(C)N. The number of aromatic nitrogens is 1. The van der Waals surface area contributed by atoms with Gasteiger partial charge >= 0.3 is 0 Å². The number of aryl methyl sites for hydroxylation is 1. The fourth-order valence-electron chi connectivity index (χ4n) is 2.47. The molecule has 0 spiro atoms. The van der Waals surface area contributed by atoms with Gasteiger partial charge in [0.2, 0.25) is 0 Å². The fraction of sp³-hybridized carbons (Fsp3) is 0.769. The summed E-state index contributed by atoms with van der Waals surface area (Å²) >= 11 is 1.88. The number of likely N-dealkylation sites (tertiary alicyclic amines) is 1. The van der Waals surface area contributed by atoms with Gasteiger partial charge in [-0.2, -0.15) is 0 Å². The van der Waals surface area contributed by atoms with Gasteiger partial charge in [0.25, 0.3) is 0 Å². The molecular weight excluding hydrogens is 230 g/mol. The van der Waals surface area contributed by atoms with Crippen molar-refractivity contribution >= 4 is 11.3 Å². The van der Waals surface area contributed by atoms with Gasteiger partial charge in [0, 0.05) is 23.4 Å². The molecule has 2 heterocycles. The average molecular weight is 253 g/mol. The molecule has 1 fully saturated rings. The van der Waals surface area contributed by atoms with Gasteiger partial charge in [-0.3, -0.25) is 0 Å². The summed E-state index contributed by atoms with van der Waals surface area (Å²) in [5.74, 6) is 0.638. The summed E-state index contributed by atoms with van der Waals surface area (Å²) in [6.45, 7) is 6.57. The highest BCUT2D eigenvalue weighted by atomic mass is 32.1. The molecule has 1 aromatic heterocycles. The predicted octanol–water partition coefficient (Wildman–Crippen LogP) is 2.15. The zero-order valence-corrected chi connectivity index (χ0v) is 11.9. The number of piperidine rings is 1. The van der Waals surface area contributed by atoms with E-state index >= 15 is 0 Å². The summed E-state index contributed by atoms with van der Waals surface area (Å²) in [4.78, 5) is 8.55. The molecule has 2 rings (SSSR count). The van der Waals surface area contributed by atoms with Crippen LogP contribution in [0.5, 0.6) is 0 Å². The lowest BCUT2D eigenvalue weighted by Crippen LogP contribution is -2.30. The second-order valence-electron chi connectivity index (χ2n) is 5.34. The Bertz CT molecular complexity index is 373. The highest BCUT2D eigenvalue weighted by Gasteiger charge is 2.22. The molecule has 1 aliphatic rings. The second-order valence-corrected chi connectivity index (χ2v) is 6.46. The molecule has 2 atom stereocenters. The smallest absolute Gasteiger partial charge is 0.0974 e. The van der Waals surface area contributed by atoms with Crippen LogP contribution in [-0.4, -0.2) is 36.1 Å². The summed E-state index contributed by atoms with van der Waals surface area (Å²) in [5.41, 5.74) is 7.06. The van der Waals surface area contributed by atoms with E-state index in [1.807, 2.05) is 11.3 Å². The summed E-state index contributed by atoms with van der Waals surface area (Å²) in [6.07, 6.45) is 3.55. The van der Waals surface area contributed by atoms with Crippen LogP contribution in [0.1, 0.15) is 41.3 Å². The average Bonchev–Trinajstić information content (AvgIpc) is 2.59. The van der Waals surface area contributed by atoms with Gasteiger partial charge in [-0.25, -0.2) is 4.98 Å². The number of nitrogens with two attached hydrogens (primary N) is 1. The first-order valence-corrected chi connectivity index (χ1v) is 7.28. The van der Waals surface area contributed by atoms with Crippen molar-refractivity contribution in [2.24, 2.45) is 5.73 Å².